The summed E-state index contributed by atoms with van der Waals surface area (Å²) in [6.07, 6.45) is 0. The summed E-state index contributed by atoms with van der Waals surface area (Å²) in [5.41, 5.74) is 20.7. The Morgan fingerprint density at radius 3 is 1.00 bits per heavy atom. The molecule has 0 atom stereocenters. The first kappa shape index (κ1) is 22.9. The molecule has 1 aliphatic heterocycles. The molecule has 4 heterocycles. The minimum Gasteiger partial charge on any atom is -0.384 e. The molecule has 3 aromatic rings. The lowest BCUT2D eigenvalue weighted by Gasteiger charge is -2.25. The molecule has 0 aromatic carbocycles. The van der Waals surface area contributed by atoms with Crippen LogP contribution < -0.4 is 17.2 Å². The summed E-state index contributed by atoms with van der Waals surface area (Å²) in [7, 11) is 0. The lowest BCUT2D eigenvalue weighted by atomic mass is 10.3. The maximum absolute atomic E-state index is 5.90. The minimum absolute atomic E-state index is 0.556. The van der Waals surface area contributed by atoms with Crippen LogP contribution >= 0.6 is 0 Å². The van der Waals surface area contributed by atoms with Crippen molar-refractivity contribution in [1.82, 2.24) is 29.7 Å². The van der Waals surface area contributed by atoms with Gasteiger partial charge in [-0.25, -0.2) is 15.0 Å². The van der Waals surface area contributed by atoms with Gasteiger partial charge in [0, 0.05) is 58.9 Å². The van der Waals surface area contributed by atoms with E-state index in [9.17, 15) is 0 Å². The summed E-state index contributed by atoms with van der Waals surface area (Å²) >= 11 is 0. The number of hydrogen-bond acceptors (Lipinski definition) is 9. The topological polar surface area (TPSA) is 126 Å². The quantitative estimate of drug-likeness (QED) is 0.514. The Kier molecular flexibility index (Phi) is 7.66. The van der Waals surface area contributed by atoms with Gasteiger partial charge in [0.05, 0.1) is 17.1 Å². The van der Waals surface area contributed by atoms with E-state index >= 15 is 0 Å². The number of aromatic nitrogens is 3. The number of anilines is 3. The molecule has 0 amide bonds. The third-order valence-corrected chi connectivity index (χ3v) is 5.84. The van der Waals surface area contributed by atoms with Gasteiger partial charge in [-0.2, -0.15) is 0 Å². The first-order chi connectivity index (χ1) is 16.0. The van der Waals surface area contributed by atoms with E-state index < -0.39 is 0 Å². The summed E-state index contributed by atoms with van der Waals surface area (Å²) in [6.45, 7) is 7.89. The van der Waals surface area contributed by atoms with Gasteiger partial charge in [-0.15, -0.1) is 0 Å². The van der Waals surface area contributed by atoms with E-state index in [2.05, 4.69) is 29.7 Å². The Morgan fingerprint density at radius 2 is 0.758 bits per heavy atom. The van der Waals surface area contributed by atoms with Crippen molar-refractivity contribution in [3.63, 3.8) is 0 Å². The second-order valence-electron chi connectivity index (χ2n) is 8.49. The fourth-order valence-electron chi connectivity index (χ4n) is 4.10. The Morgan fingerprint density at radius 1 is 0.485 bits per heavy atom. The molecule has 0 unspecified atom stereocenters. The molecule has 9 heteroatoms. The number of nitrogen functional groups attached to an aromatic ring is 3. The zero-order chi connectivity index (χ0) is 23.0. The van der Waals surface area contributed by atoms with Gasteiger partial charge in [-0.1, -0.05) is 18.2 Å². The number of nitrogens with two attached hydrogens (primary N) is 3. The zero-order valence-corrected chi connectivity index (χ0v) is 19.0. The molecule has 0 saturated carbocycles. The summed E-state index contributed by atoms with van der Waals surface area (Å²) in [6, 6.07) is 17.5. The van der Waals surface area contributed by atoms with Crippen LogP contribution in [0.15, 0.2) is 54.6 Å². The fourth-order valence-corrected chi connectivity index (χ4v) is 4.10. The average molecular weight is 448 g/mol. The van der Waals surface area contributed by atoms with Crippen molar-refractivity contribution >= 4 is 17.5 Å². The highest BCUT2D eigenvalue weighted by Crippen LogP contribution is 2.12. The first-order valence-corrected chi connectivity index (χ1v) is 11.3. The summed E-state index contributed by atoms with van der Waals surface area (Å²) in [5.74, 6) is 1.67. The van der Waals surface area contributed by atoms with E-state index in [0.29, 0.717) is 17.5 Å². The number of rotatable bonds is 6. The van der Waals surface area contributed by atoms with Crippen molar-refractivity contribution in [1.29, 1.82) is 0 Å². The standard InChI is InChI=1S/C24H33N9/c25-22-7-1-4-19(28-22)16-31-10-12-32(17-20-5-2-8-23(26)29-20)14-15-33(13-11-31)18-21-6-3-9-24(27)30-21/h1-9H,10-18H2,(H2,25,28)(H2,26,29)(H2,27,30). The van der Waals surface area contributed by atoms with Crippen LogP contribution in [0.1, 0.15) is 17.1 Å². The number of pyridine rings is 3. The van der Waals surface area contributed by atoms with E-state index in [0.717, 1.165) is 76.0 Å². The van der Waals surface area contributed by atoms with Gasteiger partial charge in [0.1, 0.15) is 17.5 Å². The van der Waals surface area contributed by atoms with Crippen LogP contribution in [0, 0.1) is 0 Å². The molecule has 3 aromatic heterocycles. The van der Waals surface area contributed by atoms with Gasteiger partial charge in [-0.05, 0) is 36.4 Å². The van der Waals surface area contributed by atoms with Crippen molar-refractivity contribution in [3.8, 4) is 0 Å². The first-order valence-electron chi connectivity index (χ1n) is 11.3. The molecule has 33 heavy (non-hydrogen) atoms. The van der Waals surface area contributed by atoms with Crippen LogP contribution in [0.5, 0.6) is 0 Å². The van der Waals surface area contributed by atoms with Crippen molar-refractivity contribution in [2.75, 3.05) is 56.5 Å². The van der Waals surface area contributed by atoms with E-state index in [1.807, 2.05) is 54.6 Å². The molecule has 1 aliphatic rings. The summed E-state index contributed by atoms with van der Waals surface area (Å²) < 4.78 is 0. The Hall–Kier alpha value is -3.27. The normalized spacial score (nSPS) is 16.7. The molecule has 0 radical (unpaired) electrons. The molecule has 0 spiro atoms. The van der Waals surface area contributed by atoms with Crippen molar-refractivity contribution in [2.45, 2.75) is 19.6 Å². The summed E-state index contributed by atoms with van der Waals surface area (Å²) in [5, 5.41) is 0. The van der Waals surface area contributed by atoms with Crippen LogP contribution in [0.4, 0.5) is 17.5 Å². The van der Waals surface area contributed by atoms with E-state index in [1.165, 1.54) is 0 Å². The van der Waals surface area contributed by atoms with Crippen LogP contribution in [-0.4, -0.2) is 68.9 Å². The third-order valence-electron chi connectivity index (χ3n) is 5.84. The SMILES string of the molecule is Nc1cccc(CN2CCN(Cc3cccc(N)n3)CCN(Cc3cccc(N)n3)CC2)n1. The monoisotopic (exact) mass is 447 g/mol. The van der Waals surface area contributed by atoms with Gasteiger partial charge in [-0.3, -0.25) is 14.7 Å². The Bertz CT molecular complexity index is 898. The van der Waals surface area contributed by atoms with Gasteiger partial charge in [0.2, 0.25) is 0 Å². The zero-order valence-electron chi connectivity index (χ0n) is 19.0. The van der Waals surface area contributed by atoms with Crippen LogP contribution in [0.3, 0.4) is 0 Å². The highest BCUT2D eigenvalue weighted by Gasteiger charge is 2.18. The average Bonchev–Trinajstić information content (AvgIpc) is 2.86. The second kappa shape index (κ2) is 11.0. The molecule has 0 aliphatic carbocycles. The predicted octanol–water partition coefficient (Wildman–Crippen LogP) is 1.44. The molecule has 6 N–H and O–H groups in total. The third kappa shape index (κ3) is 7.11. The van der Waals surface area contributed by atoms with Gasteiger partial charge in [0.15, 0.2) is 0 Å². The molecule has 9 nitrogen and oxygen atoms in total. The van der Waals surface area contributed by atoms with Crippen LogP contribution in [-0.2, 0) is 19.6 Å². The maximum Gasteiger partial charge on any atom is 0.123 e. The fraction of sp³-hybridized carbons (Fsp3) is 0.375. The molecular weight excluding hydrogens is 414 g/mol. The van der Waals surface area contributed by atoms with Crippen molar-refractivity contribution in [3.05, 3.63) is 71.7 Å². The van der Waals surface area contributed by atoms with Gasteiger partial charge >= 0.3 is 0 Å². The Balaban J connectivity index is 1.48. The highest BCUT2D eigenvalue weighted by molar-refractivity contribution is 5.30. The molecule has 174 valence electrons. The van der Waals surface area contributed by atoms with Crippen LogP contribution in [0.2, 0.25) is 0 Å². The smallest absolute Gasteiger partial charge is 0.123 e. The number of hydrogen-bond donors (Lipinski definition) is 3. The van der Waals surface area contributed by atoms with Crippen molar-refractivity contribution < 1.29 is 0 Å². The highest BCUT2D eigenvalue weighted by atomic mass is 15.3. The van der Waals surface area contributed by atoms with Gasteiger partial charge < -0.3 is 17.2 Å². The molecule has 0 bridgehead atoms. The van der Waals surface area contributed by atoms with E-state index in [1.54, 1.807) is 0 Å². The maximum atomic E-state index is 5.90. The molecular formula is C24H33N9. The van der Waals surface area contributed by atoms with E-state index in [4.69, 9.17) is 17.2 Å². The lowest BCUT2D eigenvalue weighted by molar-refractivity contribution is 0.207. The predicted molar refractivity (Wildman–Crippen MR) is 132 cm³/mol. The largest absolute Gasteiger partial charge is 0.384 e. The second-order valence-corrected chi connectivity index (χ2v) is 8.49. The molecule has 1 fully saturated rings. The number of nitrogens with zero attached hydrogens (tertiary/aromatic N) is 6. The van der Waals surface area contributed by atoms with Crippen molar-refractivity contribution in [2.24, 2.45) is 0 Å². The van der Waals surface area contributed by atoms with E-state index in [-0.39, 0.29) is 0 Å². The van der Waals surface area contributed by atoms with Gasteiger partial charge in [0.25, 0.3) is 0 Å². The lowest BCUT2D eigenvalue weighted by Crippen LogP contribution is -2.35. The summed E-state index contributed by atoms with van der Waals surface area (Å²) in [4.78, 5) is 20.8. The minimum atomic E-state index is 0.556. The molecule has 4 rings (SSSR count). The Labute approximate surface area is 195 Å². The van der Waals surface area contributed by atoms with Crippen LogP contribution in [0.25, 0.3) is 0 Å². The molecule has 1 saturated heterocycles.